The van der Waals surface area contributed by atoms with Crippen molar-refractivity contribution in [3.8, 4) is 11.5 Å². The van der Waals surface area contributed by atoms with Crippen molar-refractivity contribution in [1.29, 1.82) is 0 Å². The molecule has 4 rings (SSSR count). The molecular formula is C23H22N2O7S. The van der Waals surface area contributed by atoms with Gasteiger partial charge in [0.25, 0.3) is 0 Å². The molecule has 33 heavy (non-hydrogen) atoms. The minimum absolute atomic E-state index is 0.0895. The molecule has 0 bridgehead atoms. The Hall–Kier alpha value is -3.79. The molecule has 1 unspecified atom stereocenters. The first kappa shape index (κ1) is 22.4. The van der Waals surface area contributed by atoms with Gasteiger partial charge in [-0.3, -0.25) is 9.59 Å². The van der Waals surface area contributed by atoms with E-state index < -0.39 is 26.9 Å². The number of aryl methyl sites for hydroxylation is 1. The van der Waals surface area contributed by atoms with E-state index in [9.17, 15) is 18.0 Å². The Kier molecular flexibility index (Phi) is 6.36. The van der Waals surface area contributed by atoms with Crippen molar-refractivity contribution < 1.29 is 31.9 Å². The third-order valence-electron chi connectivity index (χ3n) is 5.13. The molecule has 2 heterocycles. The van der Waals surface area contributed by atoms with Gasteiger partial charge in [0.1, 0.15) is 11.0 Å². The van der Waals surface area contributed by atoms with Crippen LogP contribution in [0.25, 0.3) is 0 Å². The van der Waals surface area contributed by atoms with Crippen molar-refractivity contribution in [3.05, 3.63) is 77.7 Å². The second-order valence-electron chi connectivity index (χ2n) is 7.44. The number of rotatable bonds is 7. The molecule has 0 saturated carbocycles. The number of carbonyl (C=O) groups excluding carboxylic acids is 2. The number of hydrogen-bond acceptors (Lipinski definition) is 7. The quantitative estimate of drug-likeness (QED) is 0.508. The van der Waals surface area contributed by atoms with Gasteiger partial charge in [0.15, 0.2) is 21.3 Å². The fourth-order valence-electron chi connectivity index (χ4n) is 3.31. The number of carbonyl (C=O) groups is 2. The van der Waals surface area contributed by atoms with Crippen LogP contribution in [0.4, 0.5) is 0 Å². The maximum Gasteiger partial charge on any atom is 0.309 e. The van der Waals surface area contributed by atoms with E-state index in [4.69, 9.17) is 13.9 Å². The minimum Gasteiger partial charge on any atom is -0.468 e. The highest BCUT2D eigenvalue weighted by Crippen LogP contribution is 2.32. The summed E-state index contributed by atoms with van der Waals surface area (Å²) in [5.74, 6) is -0.503. The Labute approximate surface area is 190 Å². The normalized spacial score (nSPS) is 13.4. The van der Waals surface area contributed by atoms with E-state index in [0.29, 0.717) is 11.5 Å². The highest BCUT2D eigenvalue weighted by atomic mass is 32.2. The fraction of sp³-hybridized carbons (Fsp3) is 0.217. The predicted molar refractivity (Wildman–Crippen MR) is 117 cm³/mol. The van der Waals surface area contributed by atoms with Gasteiger partial charge in [-0.05, 0) is 48.9 Å². The Balaban J connectivity index is 1.40. The summed E-state index contributed by atoms with van der Waals surface area (Å²) in [7, 11) is -3.89. The first-order valence-electron chi connectivity index (χ1n) is 10.1. The van der Waals surface area contributed by atoms with Crippen molar-refractivity contribution in [3.63, 3.8) is 0 Å². The van der Waals surface area contributed by atoms with Crippen LogP contribution in [0.15, 0.2) is 70.2 Å². The molecule has 1 aromatic heterocycles. The number of ether oxygens (including phenoxy) is 2. The maximum absolute atomic E-state index is 13.2. The van der Waals surface area contributed by atoms with Crippen molar-refractivity contribution >= 4 is 21.7 Å². The van der Waals surface area contributed by atoms with Gasteiger partial charge in [0, 0.05) is 13.1 Å². The molecule has 0 radical (unpaired) electrons. The fourth-order valence-corrected chi connectivity index (χ4v) is 4.90. The Morgan fingerprint density at radius 2 is 1.70 bits per heavy atom. The lowest BCUT2D eigenvalue weighted by molar-refractivity contribution is -0.139. The summed E-state index contributed by atoms with van der Waals surface area (Å²) in [6.07, 6.45) is 1.35. The van der Waals surface area contributed by atoms with Gasteiger partial charge in [0.2, 0.25) is 6.79 Å². The molecule has 0 aliphatic carbocycles. The van der Waals surface area contributed by atoms with Crippen LogP contribution in [0.2, 0.25) is 0 Å². The molecule has 9 nitrogen and oxygen atoms in total. The van der Waals surface area contributed by atoms with Gasteiger partial charge in [0.05, 0.1) is 11.2 Å². The largest absolute Gasteiger partial charge is 0.468 e. The number of fused-ring (bicyclic) bond motifs is 1. The summed E-state index contributed by atoms with van der Waals surface area (Å²) in [4.78, 5) is 24.7. The molecule has 2 amide bonds. The number of amides is 2. The van der Waals surface area contributed by atoms with Gasteiger partial charge in [-0.2, -0.15) is 0 Å². The van der Waals surface area contributed by atoms with Crippen LogP contribution in [0.1, 0.15) is 22.1 Å². The summed E-state index contributed by atoms with van der Waals surface area (Å²) in [6.45, 7) is 1.74. The highest BCUT2D eigenvalue weighted by Gasteiger charge is 2.32. The second kappa shape index (κ2) is 9.37. The SMILES string of the molecule is Cc1ccc(S(=O)(=O)C(CNC(=O)C(=O)NCc2ccc3c(c2)OCO3)c2ccco2)cc1. The average Bonchev–Trinajstić information content (AvgIpc) is 3.49. The summed E-state index contributed by atoms with van der Waals surface area (Å²) < 4.78 is 42.2. The van der Waals surface area contributed by atoms with Crippen LogP contribution in [0.3, 0.4) is 0 Å². The van der Waals surface area contributed by atoms with E-state index in [1.165, 1.54) is 24.5 Å². The molecule has 2 aromatic carbocycles. The van der Waals surface area contributed by atoms with Crippen molar-refractivity contribution in [2.24, 2.45) is 0 Å². The van der Waals surface area contributed by atoms with Gasteiger partial charge < -0.3 is 24.5 Å². The van der Waals surface area contributed by atoms with Crippen LogP contribution in [0, 0.1) is 6.92 Å². The van der Waals surface area contributed by atoms with Crippen LogP contribution in [-0.2, 0) is 26.0 Å². The predicted octanol–water partition coefficient (Wildman–Crippen LogP) is 2.26. The van der Waals surface area contributed by atoms with E-state index >= 15 is 0 Å². The highest BCUT2D eigenvalue weighted by molar-refractivity contribution is 7.91. The van der Waals surface area contributed by atoms with E-state index in [2.05, 4.69) is 10.6 Å². The molecule has 1 atom stereocenters. The zero-order valence-corrected chi connectivity index (χ0v) is 18.6. The van der Waals surface area contributed by atoms with E-state index in [1.54, 1.807) is 36.4 Å². The topological polar surface area (TPSA) is 124 Å². The molecule has 3 aromatic rings. The smallest absolute Gasteiger partial charge is 0.309 e. The third kappa shape index (κ3) is 5.01. The lowest BCUT2D eigenvalue weighted by Crippen LogP contribution is -2.42. The Bertz CT molecular complexity index is 1250. The van der Waals surface area contributed by atoms with Gasteiger partial charge in [-0.25, -0.2) is 8.42 Å². The van der Waals surface area contributed by atoms with Crippen LogP contribution in [0.5, 0.6) is 11.5 Å². The molecule has 0 fully saturated rings. The number of nitrogens with one attached hydrogen (secondary N) is 2. The molecule has 1 aliphatic heterocycles. The monoisotopic (exact) mass is 470 g/mol. The summed E-state index contributed by atoms with van der Waals surface area (Å²) in [5.41, 5.74) is 1.63. The molecule has 1 aliphatic rings. The molecule has 172 valence electrons. The van der Waals surface area contributed by atoms with Crippen molar-refractivity contribution in [2.45, 2.75) is 23.6 Å². The summed E-state index contributed by atoms with van der Waals surface area (Å²) >= 11 is 0. The molecule has 10 heteroatoms. The first-order chi connectivity index (χ1) is 15.8. The number of benzene rings is 2. The lowest BCUT2D eigenvalue weighted by atomic mass is 10.2. The Morgan fingerprint density at radius 1 is 0.970 bits per heavy atom. The third-order valence-corrected chi connectivity index (χ3v) is 7.21. The standard InChI is InChI=1S/C23H22N2O7S/c1-15-4-7-17(8-5-15)33(28,29)21(19-3-2-10-30-19)13-25-23(27)22(26)24-12-16-6-9-18-20(11-16)32-14-31-18/h2-11,21H,12-14H2,1H3,(H,24,26)(H,25,27). The number of sulfone groups is 1. The van der Waals surface area contributed by atoms with E-state index in [1.807, 2.05) is 6.92 Å². The zero-order valence-electron chi connectivity index (χ0n) is 17.7. The molecular weight excluding hydrogens is 448 g/mol. The molecule has 0 saturated heterocycles. The second-order valence-corrected chi connectivity index (χ2v) is 9.57. The Morgan fingerprint density at radius 3 is 2.42 bits per heavy atom. The maximum atomic E-state index is 13.2. The van der Waals surface area contributed by atoms with Crippen molar-refractivity contribution in [2.75, 3.05) is 13.3 Å². The lowest BCUT2D eigenvalue weighted by Gasteiger charge is -2.17. The number of hydrogen-bond donors (Lipinski definition) is 2. The zero-order chi connectivity index (χ0) is 23.4. The van der Waals surface area contributed by atoms with Gasteiger partial charge in [-0.15, -0.1) is 0 Å². The van der Waals surface area contributed by atoms with Crippen LogP contribution >= 0.6 is 0 Å². The van der Waals surface area contributed by atoms with E-state index in [0.717, 1.165) is 11.1 Å². The van der Waals surface area contributed by atoms with Crippen LogP contribution in [-0.4, -0.2) is 33.6 Å². The summed E-state index contributed by atoms with van der Waals surface area (Å²) in [5, 5.41) is 3.71. The number of furan rings is 1. The van der Waals surface area contributed by atoms with Gasteiger partial charge in [-0.1, -0.05) is 23.8 Å². The van der Waals surface area contributed by atoms with Crippen molar-refractivity contribution in [1.82, 2.24) is 10.6 Å². The van der Waals surface area contributed by atoms with Crippen LogP contribution < -0.4 is 20.1 Å². The minimum atomic E-state index is -3.89. The van der Waals surface area contributed by atoms with E-state index in [-0.39, 0.29) is 30.5 Å². The first-order valence-corrected chi connectivity index (χ1v) is 11.7. The average molecular weight is 471 g/mol. The molecule has 0 spiro atoms. The summed E-state index contributed by atoms with van der Waals surface area (Å²) in [6, 6.07) is 14.6. The van der Waals surface area contributed by atoms with Gasteiger partial charge >= 0.3 is 11.8 Å². The molecule has 2 N–H and O–H groups in total.